The second-order valence-electron chi connectivity index (χ2n) is 7.03. The van der Waals surface area contributed by atoms with Gasteiger partial charge in [0.05, 0.1) is 13.2 Å². The van der Waals surface area contributed by atoms with Crippen LogP contribution >= 0.6 is 0 Å². The monoisotopic (exact) mass is 365 g/mol. The Balaban J connectivity index is 3.10. The summed E-state index contributed by atoms with van der Waals surface area (Å²) < 4.78 is 16.1. The SMILES string of the molecule is CCC(C)Oc1ccc(NC(=O)C(C)(CC(C)C)OC)cc1C(=O)OC. The van der Waals surface area contributed by atoms with Crippen LogP contribution in [0, 0.1) is 5.92 Å². The second-order valence-corrected chi connectivity index (χ2v) is 7.03. The van der Waals surface area contributed by atoms with Gasteiger partial charge in [0, 0.05) is 12.8 Å². The van der Waals surface area contributed by atoms with Crippen molar-refractivity contribution in [3.8, 4) is 5.75 Å². The third kappa shape index (κ3) is 5.73. The Morgan fingerprint density at radius 2 is 1.85 bits per heavy atom. The fraction of sp³-hybridized carbons (Fsp3) is 0.600. The van der Waals surface area contributed by atoms with E-state index < -0.39 is 11.6 Å². The molecule has 1 rings (SSSR count). The molecule has 0 aliphatic carbocycles. The molecule has 26 heavy (non-hydrogen) atoms. The zero-order valence-corrected chi connectivity index (χ0v) is 16.8. The topological polar surface area (TPSA) is 73.9 Å². The van der Waals surface area contributed by atoms with E-state index in [9.17, 15) is 9.59 Å². The zero-order valence-electron chi connectivity index (χ0n) is 16.8. The molecule has 0 heterocycles. The van der Waals surface area contributed by atoms with Crippen molar-refractivity contribution in [2.75, 3.05) is 19.5 Å². The molecule has 0 bridgehead atoms. The van der Waals surface area contributed by atoms with Gasteiger partial charge in [-0.2, -0.15) is 0 Å². The maximum absolute atomic E-state index is 12.7. The van der Waals surface area contributed by atoms with E-state index in [1.54, 1.807) is 25.1 Å². The van der Waals surface area contributed by atoms with Crippen LogP contribution in [-0.2, 0) is 14.3 Å². The van der Waals surface area contributed by atoms with Crippen LogP contribution < -0.4 is 10.1 Å². The quantitative estimate of drug-likeness (QED) is 0.669. The van der Waals surface area contributed by atoms with E-state index in [2.05, 4.69) is 5.32 Å². The molecule has 0 fully saturated rings. The lowest BCUT2D eigenvalue weighted by atomic mass is 9.93. The second kappa shape index (κ2) is 9.57. The molecular formula is C20H31NO5. The van der Waals surface area contributed by atoms with Crippen molar-refractivity contribution in [1.82, 2.24) is 0 Å². The number of methoxy groups -OCH3 is 2. The zero-order chi connectivity index (χ0) is 19.9. The van der Waals surface area contributed by atoms with Gasteiger partial charge in [0.15, 0.2) is 0 Å². The number of carbonyl (C=O) groups excluding carboxylic acids is 2. The van der Waals surface area contributed by atoms with E-state index in [-0.39, 0.29) is 17.6 Å². The molecule has 0 aromatic heterocycles. The first kappa shape index (κ1) is 22.0. The van der Waals surface area contributed by atoms with E-state index in [0.29, 0.717) is 23.8 Å². The van der Waals surface area contributed by atoms with Crippen molar-refractivity contribution < 1.29 is 23.8 Å². The van der Waals surface area contributed by atoms with Crippen LogP contribution in [0.3, 0.4) is 0 Å². The predicted octanol–water partition coefficient (Wildman–Crippen LogP) is 4.04. The van der Waals surface area contributed by atoms with Gasteiger partial charge in [0.25, 0.3) is 5.91 Å². The molecule has 2 unspecified atom stereocenters. The van der Waals surface area contributed by atoms with Gasteiger partial charge in [-0.25, -0.2) is 4.79 Å². The lowest BCUT2D eigenvalue weighted by Gasteiger charge is -2.28. The molecule has 6 heteroatoms. The van der Waals surface area contributed by atoms with Crippen LogP contribution in [0.1, 0.15) is 57.8 Å². The third-order valence-electron chi connectivity index (χ3n) is 4.27. The average Bonchev–Trinajstić information content (AvgIpc) is 2.61. The molecule has 0 saturated heterocycles. The van der Waals surface area contributed by atoms with Gasteiger partial charge in [-0.15, -0.1) is 0 Å². The van der Waals surface area contributed by atoms with Crippen molar-refractivity contribution in [3.63, 3.8) is 0 Å². The highest BCUT2D eigenvalue weighted by molar-refractivity contribution is 5.99. The van der Waals surface area contributed by atoms with Gasteiger partial charge in [0.1, 0.15) is 16.9 Å². The summed E-state index contributed by atoms with van der Waals surface area (Å²) in [6.07, 6.45) is 1.34. The lowest BCUT2D eigenvalue weighted by Crippen LogP contribution is -2.43. The average molecular weight is 365 g/mol. The number of hydrogen-bond acceptors (Lipinski definition) is 5. The number of benzene rings is 1. The highest BCUT2D eigenvalue weighted by atomic mass is 16.5. The lowest BCUT2D eigenvalue weighted by molar-refractivity contribution is -0.137. The molecular weight excluding hydrogens is 334 g/mol. The first-order chi connectivity index (χ1) is 12.2. The van der Waals surface area contributed by atoms with Gasteiger partial charge in [-0.1, -0.05) is 20.8 Å². The van der Waals surface area contributed by atoms with Crippen LogP contribution in [0.4, 0.5) is 5.69 Å². The Bertz CT molecular complexity index is 629. The molecule has 1 amide bonds. The number of esters is 1. The maximum Gasteiger partial charge on any atom is 0.341 e. The minimum absolute atomic E-state index is 0.0401. The minimum Gasteiger partial charge on any atom is -0.490 e. The Morgan fingerprint density at radius 1 is 1.19 bits per heavy atom. The van der Waals surface area contributed by atoms with E-state index in [4.69, 9.17) is 14.2 Å². The van der Waals surface area contributed by atoms with Gasteiger partial charge < -0.3 is 19.5 Å². The van der Waals surface area contributed by atoms with E-state index in [0.717, 1.165) is 6.42 Å². The third-order valence-corrected chi connectivity index (χ3v) is 4.27. The van der Waals surface area contributed by atoms with Crippen LogP contribution in [-0.4, -0.2) is 37.8 Å². The Kier molecular flexibility index (Phi) is 8.08. The van der Waals surface area contributed by atoms with Crippen molar-refractivity contribution in [2.45, 2.75) is 59.2 Å². The van der Waals surface area contributed by atoms with Gasteiger partial charge in [-0.05, 0) is 50.8 Å². The Morgan fingerprint density at radius 3 is 2.35 bits per heavy atom. The molecule has 0 radical (unpaired) electrons. The van der Waals surface area contributed by atoms with Gasteiger partial charge in [0.2, 0.25) is 0 Å². The number of nitrogens with one attached hydrogen (secondary N) is 1. The fourth-order valence-corrected chi connectivity index (χ4v) is 2.59. The molecule has 0 aliphatic heterocycles. The largest absolute Gasteiger partial charge is 0.490 e. The maximum atomic E-state index is 12.7. The van der Waals surface area contributed by atoms with Crippen LogP contribution in [0.25, 0.3) is 0 Å². The number of carbonyl (C=O) groups is 2. The molecule has 0 spiro atoms. The van der Waals surface area contributed by atoms with Crippen LogP contribution in [0.2, 0.25) is 0 Å². The summed E-state index contributed by atoms with van der Waals surface area (Å²) in [4.78, 5) is 24.8. The summed E-state index contributed by atoms with van der Waals surface area (Å²) in [6, 6.07) is 4.93. The van der Waals surface area contributed by atoms with Crippen LogP contribution in [0.15, 0.2) is 18.2 Å². The molecule has 1 aromatic carbocycles. The number of hydrogen-bond donors (Lipinski definition) is 1. The normalized spacial score (nSPS) is 14.5. The van der Waals surface area contributed by atoms with Crippen molar-refractivity contribution in [2.24, 2.45) is 5.92 Å². The van der Waals surface area contributed by atoms with E-state index in [1.165, 1.54) is 14.2 Å². The molecule has 2 atom stereocenters. The number of rotatable bonds is 9. The number of anilines is 1. The van der Waals surface area contributed by atoms with Crippen molar-refractivity contribution in [1.29, 1.82) is 0 Å². The highest BCUT2D eigenvalue weighted by Crippen LogP contribution is 2.27. The molecule has 0 aliphatic rings. The molecule has 1 N–H and O–H groups in total. The number of ether oxygens (including phenoxy) is 3. The fourth-order valence-electron chi connectivity index (χ4n) is 2.59. The first-order valence-corrected chi connectivity index (χ1v) is 8.92. The van der Waals surface area contributed by atoms with Crippen molar-refractivity contribution in [3.05, 3.63) is 23.8 Å². The number of amides is 1. The van der Waals surface area contributed by atoms with Gasteiger partial charge >= 0.3 is 5.97 Å². The molecule has 0 saturated carbocycles. The summed E-state index contributed by atoms with van der Waals surface area (Å²) in [5.41, 5.74) is -0.196. The first-order valence-electron chi connectivity index (χ1n) is 8.92. The Labute approximate surface area is 156 Å². The summed E-state index contributed by atoms with van der Waals surface area (Å²) >= 11 is 0. The van der Waals surface area contributed by atoms with Crippen molar-refractivity contribution >= 4 is 17.6 Å². The van der Waals surface area contributed by atoms with Gasteiger partial charge in [-0.3, -0.25) is 4.79 Å². The minimum atomic E-state index is -0.953. The van der Waals surface area contributed by atoms with E-state index >= 15 is 0 Å². The highest BCUT2D eigenvalue weighted by Gasteiger charge is 2.34. The molecule has 6 nitrogen and oxygen atoms in total. The summed E-state index contributed by atoms with van der Waals surface area (Å²) in [6.45, 7) is 9.73. The van der Waals surface area contributed by atoms with Crippen LogP contribution in [0.5, 0.6) is 5.75 Å². The van der Waals surface area contributed by atoms with E-state index in [1.807, 2.05) is 27.7 Å². The standard InChI is InChI=1S/C20H31NO5/c1-8-14(4)26-17-10-9-15(11-16(17)18(22)24-6)21-19(23)20(5,25-7)12-13(2)3/h9-11,13-14H,8,12H2,1-7H3,(H,21,23). The summed E-state index contributed by atoms with van der Waals surface area (Å²) in [5, 5.41) is 2.83. The predicted molar refractivity (Wildman–Crippen MR) is 102 cm³/mol. The summed E-state index contributed by atoms with van der Waals surface area (Å²) in [5.74, 6) is -0.0558. The Hall–Kier alpha value is -2.08. The summed E-state index contributed by atoms with van der Waals surface area (Å²) in [7, 11) is 2.83. The molecule has 1 aromatic rings. The molecule has 146 valence electrons. The smallest absolute Gasteiger partial charge is 0.341 e.